The number of anilines is 1. The Morgan fingerprint density at radius 3 is 2.09 bits per heavy atom. The van der Waals surface area contributed by atoms with Crippen LogP contribution in [0.15, 0.2) is 72.8 Å². The first kappa shape index (κ1) is 26.9. The zero-order chi connectivity index (χ0) is 25.4. The number of carboxylic acids is 1. The minimum Gasteiger partial charge on any atom is -0.480 e. The molecule has 3 aromatic carbocycles. The van der Waals surface area contributed by atoms with E-state index < -0.39 is 11.2 Å². The molecule has 0 amide bonds. The molecule has 1 atom stereocenters. The maximum absolute atomic E-state index is 11.0. The van der Waals surface area contributed by atoms with Crippen LogP contribution in [0, 0.1) is 0 Å². The zero-order valence-electron chi connectivity index (χ0n) is 21.7. The van der Waals surface area contributed by atoms with Gasteiger partial charge in [-0.05, 0) is 85.5 Å². The average Bonchev–Trinajstić information content (AvgIpc) is 2.87. The molecule has 1 unspecified atom stereocenters. The Morgan fingerprint density at radius 1 is 0.857 bits per heavy atom. The Morgan fingerprint density at radius 2 is 1.51 bits per heavy atom. The number of benzene rings is 3. The Kier molecular flexibility index (Phi) is 9.85. The molecule has 35 heavy (non-hydrogen) atoms. The second-order valence-corrected chi connectivity index (χ2v) is 10.8. The van der Waals surface area contributed by atoms with Gasteiger partial charge in [0.2, 0.25) is 0 Å². The minimum absolute atomic E-state index is 0.391. The molecule has 0 aromatic heterocycles. The number of rotatable bonds is 12. The predicted octanol–water partition coefficient (Wildman–Crippen LogP) is 8.38. The lowest BCUT2D eigenvalue weighted by molar-refractivity contribution is -0.136. The Bertz CT molecular complexity index is 1070. The second kappa shape index (κ2) is 12.8. The number of hydrogen-bond acceptors (Lipinski definition) is 3. The molecule has 186 valence electrons. The molecular weight excluding hydrogens is 450 g/mol. The van der Waals surface area contributed by atoms with Crippen LogP contribution in [0.5, 0.6) is 0 Å². The molecule has 4 heteroatoms. The third-order valence-electron chi connectivity index (χ3n) is 6.72. The molecule has 0 saturated carbocycles. The molecular formula is C31H39NO2S. The zero-order valence-corrected chi connectivity index (χ0v) is 22.5. The quantitative estimate of drug-likeness (QED) is 0.277. The summed E-state index contributed by atoms with van der Waals surface area (Å²) in [6, 6.07) is 26.8. The van der Waals surface area contributed by atoms with Gasteiger partial charge in [-0.1, -0.05) is 68.4 Å². The van der Waals surface area contributed by atoms with Gasteiger partial charge in [-0.3, -0.25) is 4.79 Å². The Balaban J connectivity index is 1.73. The van der Waals surface area contributed by atoms with Gasteiger partial charge in [0.15, 0.2) is 0 Å². The number of nitrogens with zero attached hydrogens (tertiary/aromatic N) is 1. The molecule has 0 fully saturated rings. The molecule has 0 radical (unpaired) electrons. The van der Waals surface area contributed by atoms with Gasteiger partial charge in [0, 0.05) is 24.0 Å². The van der Waals surface area contributed by atoms with Crippen LogP contribution in [0.1, 0.15) is 70.1 Å². The van der Waals surface area contributed by atoms with Gasteiger partial charge >= 0.3 is 5.97 Å². The number of carboxylic acid groups (broad SMARTS) is 1. The molecule has 0 aliphatic heterocycles. The van der Waals surface area contributed by atoms with E-state index >= 15 is 0 Å². The van der Waals surface area contributed by atoms with Gasteiger partial charge in [0.1, 0.15) is 0 Å². The lowest BCUT2D eigenvalue weighted by Crippen LogP contribution is -2.30. The van der Waals surface area contributed by atoms with E-state index in [1.54, 1.807) is 6.92 Å². The second-order valence-electron chi connectivity index (χ2n) is 9.52. The fourth-order valence-electron chi connectivity index (χ4n) is 4.40. The van der Waals surface area contributed by atoms with Crippen molar-refractivity contribution in [3.8, 4) is 11.1 Å². The first-order valence-corrected chi connectivity index (χ1v) is 13.8. The van der Waals surface area contributed by atoms with Crippen LogP contribution in [0.2, 0.25) is 0 Å². The molecule has 1 N–H and O–H groups in total. The van der Waals surface area contributed by atoms with Crippen molar-refractivity contribution in [2.45, 2.75) is 77.0 Å². The minimum atomic E-state index is -0.763. The van der Waals surface area contributed by atoms with Crippen molar-refractivity contribution in [2.24, 2.45) is 0 Å². The summed E-state index contributed by atoms with van der Waals surface area (Å²) in [5.41, 5.74) is 7.51. The molecule has 0 heterocycles. The molecule has 0 bridgehead atoms. The third-order valence-corrected chi connectivity index (χ3v) is 7.92. The van der Waals surface area contributed by atoms with E-state index in [4.69, 9.17) is 5.11 Å². The van der Waals surface area contributed by atoms with Crippen molar-refractivity contribution in [2.75, 3.05) is 4.90 Å². The van der Waals surface area contributed by atoms with E-state index in [2.05, 4.69) is 105 Å². The summed E-state index contributed by atoms with van der Waals surface area (Å²) in [6.07, 6.45) is 2.36. The summed E-state index contributed by atoms with van der Waals surface area (Å²) in [4.78, 5) is 13.5. The number of thioether (sulfide) groups is 1. The van der Waals surface area contributed by atoms with E-state index in [-0.39, 0.29) is 0 Å². The monoisotopic (exact) mass is 489 g/mol. The van der Waals surface area contributed by atoms with Crippen molar-refractivity contribution in [1.82, 2.24) is 0 Å². The third kappa shape index (κ3) is 7.38. The van der Waals surface area contributed by atoms with Crippen LogP contribution in [0.25, 0.3) is 11.1 Å². The van der Waals surface area contributed by atoms with Crippen LogP contribution in [-0.4, -0.2) is 22.4 Å². The standard InChI is InChI=1S/C31H39NO2S/c1-6-26(7-2)27-15-17-30(18-16-27)32(22(3)4)20-25-9-8-10-29(19-25)28-13-11-24(12-14-28)21-35-23(5)31(33)34/h8-19,22-23,26H,6-7,20-21H2,1-5H3,(H,33,34). The molecule has 0 aliphatic carbocycles. The highest BCUT2D eigenvalue weighted by atomic mass is 32.2. The fraction of sp³-hybridized carbons (Fsp3) is 0.387. The maximum atomic E-state index is 11.0. The molecule has 0 spiro atoms. The molecule has 0 saturated heterocycles. The van der Waals surface area contributed by atoms with Crippen molar-refractivity contribution in [1.29, 1.82) is 0 Å². The normalized spacial score (nSPS) is 12.2. The van der Waals surface area contributed by atoms with Crippen molar-refractivity contribution >= 4 is 23.4 Å². The Labute approximate surface area is 215 Å². The summed E-state index contributed by atoms with van der Waals surface area (Å²) in [5.74, 6) is 0.576. The van der Waals surface area contributed by atoms with Gasteiger partial charge < -0.3 is 10.0 Å². The largest absolute Gasteiger partial charge is 0.480 e. The van der Waals surface area contributed by atoms with Crippen LogP contribution in [0.4, 0.5) is 5.69 Å². The molecule has 0 aliphatic rings. The summed E-state index contributed by atoms with van der Waals surface area (Å²) in [6.45, 7) is 11.6. The highest BCUT2D eigenvalue weighted by Gasteiger charge is 2.14. The number of aliphatic carboxylic acids is 1. The van der Waals surface area contributed by atoms with Gasteiger partial charge in [0.25, 0.3) is 0 Å². The maximum Gasteiger partial charge on any atom is 0.316 e. The van der Waals surface area contributed by atoms with Crippen LogP contribution in [0.3, 0.4) is 0 Å². The van der Waals surface area contributed by atoms with Crippen molar-refractivity contribution in [3.63, 3.8) is 0 Å². The number of carbonyl (C=O) groups is 1. The van der Waals surface area contributed by atoms with Crippen LogP contribution in [-0.2, 0) is 17.1 Å². The molecule has 3 aromatic rings. The van der Waals surface area contributed by atoms with Gasteiger partial charge in [0.05, 0.1) is 5.25 Å². The van der Waals surface area contributed by atoms with Crippen LogP contribution >= 0.6 is 11.8 Å². The summed E-state index contributed by atoms with van der Waals surface area (Å²) >= 11 is 1.45. The van der Waals surface area contributed by atoms with Crippen LogP contribution < -0.4 is 4.90 Å². The summed E-state index contributed by atoms with van der Waals surface area (Å²) in [5, 5.41) is 8.68. The van der Waals surface area contributed by atoms with Crippen molar-refractivity contribution in [3.05, 3.63) is 89.5 Å². The van der Waals surface area contributed by atoms with E-state index in [1.165, 1.54) is 52.5 Å². The van der Waals surface area contributed by atoms with E-state index in [9.17, 15) is 4.79 Å². The average molecular weight is 490 g/mol. The van der Waals surface area contributed by atoms with E-state index in [1.807, 2.05) is 0 Å². The van der Waals surface area contributed by atoms with Crippen molar-refractivity contribution < 1.29 is 9.90 Å². The lowest BCUT2D eigenvalue weighted by Gasteiger charge is -2.30. The summed E-state index contributed by atoms with van der Waals surface area (Å²) < 4.78 is 0. The topological polar surface area (TPSA) is 40.5 Å². The molecule has 3 rings (SSSR count). The van der Waals surface area contributed by atoms with Gasteiger partial charge in [-0.2, -0.15) is 0 Å². The van der Waals surface area contributed by atoms with E-state index in [0.717, 1.165) is 12.1 Å². The van der Waals surface area contributed by atoms with Gasteiger partial charge in [-0.25, -0.2) is 0 Å². The predicted molar refractivity (Wildman–Crippen MR) is 151 cm³/mol. The summed E-state index contributed by atoms with van der Waals surface area (Å²) in [7, 11) is 0. The van der Waals surface area contributed by atoms with E-state index in [0.29, 0.717) is 17.7 Å². The first-order valence-electron chi connectivity index (χ1n) is 12.7. The highest BCUT2D eigenvalue weighted by Crippen LogP contribution is 2.28. The first-order chi connectivity index (χ1) is 16.8. The smallest absolute Gasteiger partial charge is 0.316 e. The highest BCUT2D eigenvalue weighted by molar-refractivity contribution is 7.99. The SMILES string of the molecule is CCC(CC)c1ccc(N(Cc2cccc(-c3ccc(CSC(C)C(=O)O)cc3)c2)C(C)C)cc1. The number of hydrogen-bond donors (Lipinski definition) is 1. The molecule has 3 nitrogen and oxygen atoms in total. The Hall–Kier alpha value is -2.72. The fourth-order valence-corrected chi connectivity index (χ4v) is 5.18. The lowest BCUT2D eigenvalue weighted by atomic mass is 9.94. The van der Waals surface area contributed by atoms with Gasteiger partial charge in [-0.15, -0.1) is 11.8 Å².